The number of hydrogen-bond acceptors (Lipinski definition) is 6. The van der Waals surface area contributed by atoms with Gasteiger partial charge in [-0.25, -0.2) is 9.97 Å². The molecule has 0 bridgehead atoms. The number of benzene rings is 2. The molecule has 4 aromatic heterocycles. The fourth-order valence-corrected chi connectivity index (χ4v) is 6.04. The number of rotatable bonds is 7. The molecule has 1 saturated carbocycles. The third-order valence-corrected chi connectivity index (χ3v) is 8.62. The molecule has 6 aromatic rings. The first kappa shape index (κ1) is 25.5. The van der Waals surface area contributed by atoms with Gasteiger partial charge in [0.05, 0.1) is 29.6 Å². The van der Waals surface area contributed by atoms with Crippen LogP contribution in [0, 0.1) is 19.8 Å². The molecule has 0 unspecified atom stereocenters. The van der Waals surface area contributed by atoms with E-state index in [1.165, 1.54) is 12.8 Å². The Kier molecular flexibility index (Phi) is 5.72. The van der Waals surface area contributed by atoms with Crippen molar-refractivity contribution in [1.82, 2.24) is 34.5 Å². The molecule has 10 heteroatoms. The van der Waals surface area contributed by atoms with Gasteiger partial charge in [0.2, 0.25) is 5.95 Å². The number of nitrogens with zero attached hydrogens (tertiary/aromatic N) is 7. The zero-order valence-electron chi connectivity index (χ0n) is 24.3. The molecule has 8 rings (SSSR count). The molecule has 43 heavy (non-hydrogen) atoms. The molecule has 1 fully saturated rings. The first-order valence-corrected chi connectivity index (χ1v) is 14.6. The van der Waals surface area contributed by atoms with E-state index in [1.807, 2.05) is 84.1 Å². The molecule has 5 heterocycles. The summed E-state index contributed by atoms with van der Waals surface area (Å²) in [5.41, 5.74) is 9.38. The molecule has 0 atom stereocenters. The number of carbonyl (C=O) groups excluding carboxylic acids is 1. The van der Waals surface area contributed by atoms with Crippen molar-refractivity contribution in [3.63, 3.8) is 0 Å². The Hall–Kier alpha value is -5.25. The van der Waals surface area contributed by atoms with Crippen molar-refractivity contribution in [2.24, 2.45) is 13.0 Å². The molecule has 10 nitrogen and oxygen atoms in total. The van der Waals surface area contributed by atoms with Gasteiger partial charge in [0, 0.05) is 66.0 Å². The average molecular weight is 570 g/mol. The van der Waals surface area contributed by atoms with E-state index in [9.17, 15) is 4.79 Å². The molecule has 0 saturated heterocycles. The number of hydrogen-bond donors (Lipinski definition) is 2. The van der Waals surface area contributed by atoms with Crippen molar-refractivity contribution < 1.29 is 4.79 Å². The number of anilines is 3. The summed E-state index contributed by atoms with van der Waals surface area (Å²) in [6, 6.07) is 14.0. The number of aryl methyl sites for hydroxylation is 3. The van der Waals surface area contributed by atoms with Gasteiger partial charge in [0.1, 0.15) is 0 Å². The van der Waals surface area contributed by atoms with Gasteiger partial charge in [-0.1, -0.05) is 24.3 Å². The Morgan fingerprint density at radius 1 is 1.05 bits per heavy atom. The van der Waals surface area contributed by atoms with Crippen LogP contribution in [0.1, 0.15) is 40.0 Å². The second kappa shape index (κ2) is 9.65. The van der Waals surface area contributed by atoms with Crippen LogP contribution in [0.5, 0.6) is 0 Å². The third kappa shape index (κ3) is 4.37. The lowest BCUT2D eigenvalue weighted by atomic mass is 9.99. The predicted molar refractivity (Wildman–Crippen MR) is 166 cm³/mol. The van der Waals surface area contributed by atoms with Crippen LogP contribution in [0.25, 0.3) is 33.3 Å². The maximum Gasteiger partial charge on any atom is 0.259 e. The lowest BCUT2D eigenvalue weighted by molar-refractivity contribution is 0.0997. The summed E-state index contributed by atoms with van der Waals surface area (Å²) >= 11 is 0. The molecule has 1 amide bonds. The minimum absolute atomic E-state index is 0.00114. The van der Waals surface area contributed by atoms with E-state index in [4.69, 9.17) is 4.98 Å². The minimum Gasteiger partial charge on any atom is -0.359 e. The number of aromatic nitrogens is 7. The molecule has 2 aromatic carbocycles. The summed E-state index contributed by atoms with van der Waals surface area (Å²) < 4.78 is 3.84. The van der Waals surface area contributed by atoms with Gasteiger partial charge in [-0.05, 0) is 61.4 Å². The van der Waals surface area contributed by atoms with Crippen LogP contribution in [0.2, 0.25) is 0 Å². The van der Waals surface area contributed by atoms with Crippen molar-refractivity contribution in [2.45, 2.75) is 39.8 Å². The zero-order valence-corrected chi connectivity index (χ0v) is 24.3. The highest BCUT2D eigenvalue weighted by atomic mass is 16.2. The normalized spacial score (nSPS) is 14.6. The number of para-hydroxylation sites is 1. The average Bonchev–Trinajstić information content (AvgIpc) is 3.29. The van der Waals surface area contributed by atoms with Crippen LogP contribution < -0.4 is 10.2 Å². The number of amides is 1. The Labute approximate surface area is 248 Å². The fourth-order valence-electron chi connectivity index (χ4n) is 6.04. The quantitative estimate of drug-likeness (QED) is 0.239. The van der Waals surface area contributed by atoms with E-state index < -0.39 is 0 Å². The lowest BCUT2D eigenvalue weighted by Gasteiger charge is -2.17. The van der Waals surface area contributed by atoms with Crippen LogP contribution in [-0.2, 0) is 20.1 Å². The van der Waals surface area contributed by atoms with E-state index in [0.717, 1.165) is 73.8 Å². The van der Waals surface area contributed by atoms with E-state index >= 15 is 0 Å². The van der Waals surface area contributed by atoms with Gasteiger partial charge in [-0.2, -0.15) is 10.2 Å². The van der Waals surface area contributed by atoms with Crippen LogP contribution >= 0.6 is 0 Å². The van der Waals surface area contributed by atoms with E-state index in [1.54, 1.807) is 0 Å². The summed E-state index contributed by atoms with van der Waals surface area (Å²) in [7, 11) is 1.90. The van der Waals surface area contributed by atoms with Crippen molar-refractivity contribution in [2.75, 3.05) is 10.2 Å². The molecule has 1 aliphatic heterocycles. The second-order valence-corrected chi connectivity index (χ2v) is 11.7. The molecule has 0 radical (unpaired) electrons. The molecule has 1 aliphatic carbocycles. The molecule has 2 aliphatic rings. The van der Waals surface area contributed by atoms with Gasteiger partial charge >= 0.3 is 0 Å². The van der Waals surface area contributed by atoms with Crippen molar-refractivity contribution in [3.8, 4) is 22.4 Å². The van der Waals surface area contributed by atoms with Crippen LogP contribution in [0.15, 0.2) is 67.3 Å². The minimum atomic E-state index is 0.00114. The molecular weight excluding hydrogens is 538 g/mol. The number of fused-ring (bicyclic) bond motifs is 2. The van der Waals surface area contributed by atoms with Crippen LogP contribution in [0.3, 0.4) is 0 Å². The topological polar surface area (TPSA) is 110 Å². The Morgan fingerprint density at radius 3 is 2.70 bits per heavy atom. The highest BCUT2D eigenvalue weighted by Crippen LogP contribution is 2.40. The first-order chi connectivity index (χ1) is 20.9. The van der Waals surface area contributed by atoms with Crippen LogP contribution in [0.4, 0.5) is 17.5 Å². The number of aromatic amines is 1. The SMILES string of the molecule is Cc1cnc(Nc2cc(C)n(C)n2)nc1-c1c[nH]c2c(N3Cc4c(cccc4-c4cnn(CC5CC5)c4)C3=O)cccc12. The Balaban J connectivity index is 1.13. The number of carbonyl (C=O) groups is 1. The van der Waals surface area contributed by atoms with Crippen molar-refractivity contribution in [3.05, 3.63) is 89.6 Å². The lowest BCUT2D eigenvalue weighted by Crippen LogP contribution is -2.23. The van der Waals surface area contributed by atoms with E-state index in [0.29, 0.717) is 18.3 Å². The number of H-pyrrole nitrogens is 1. The van der Waals surface area contributed by atoms with E-state index in [-0.39, 0.29) is 5.91 Å². The summed E-state index contributed by atoms with van der Waals surface area (Å²) in [6.07, 6.45) is 10.4. The van der Waals surface area contributed by atoms with Gasteiger partial charge in [-0.15, -0.1) is 0 Å². The third-order valence-electron chi connectivity index (χ3n) is 8.62. The summed E-state index contributed by atoms with van der Waals surface area (Å²) in [5.74, 6) is 1.91. The second-order valence-electron chi connectivity index (χ2n) is 11.7. The highest BCUT2D eigenvalue weighted by Gasteiger charge is 2.32. The standard InChI is InChI=1S/C33H31N9O/c1-19-13-35-33(37-29-12-20(2)40(3)39-29)38-30(19)26-15-34-31-24(26)7-5-9-28(31)42-18-27-23(6-4-8-25(27)32(42)43)22-14-36-41(17-22)16-21-10-11-21/h4-9,12-15,17,21,34H,10-11,16,18H2,1-3H3,(H,35,37,38,39). The monoisotopic (exact) mass is 569 g/mol. The Morgan fingerprint density at radius 2 is 1.88 bits per heavy atom. The first-order valence-electron chi connectivity index (χ1n) is 14.6. The fraction of sp³-hybridized carbons (Fsp3) is 0.242. The van der Waals surface area contributed by atoms with Crippen molar-refractivity contribution in [1.29, 1.82) is 0 Å². The van der Waals surface area contributed by atoms with Gasteiger partial charge in [0.25, 0.3) is 5.91 Å². The van der Waals surface area contributed by atoms with Gasteiger partial charge < -0.3 is 15.2 Å². The predicted octanol–water partition coefficient (Wildman–Crippen LogP) is 6.15. The van der Waals surface area contributed by atoms with Crippen molar-refractivity contribution >= 4 is 34.3 Å². The Bertz CT molecular complexity index is 2030. The van der Waals surface area contributed by atoms with Crippen LogP contribution in [-0.4, -0.2) is 40.4 Å². The summed E-state index contributed by atoms with van der Waals surface area (Å²) in [4.78, 5) is 28.5. The maximum absolute atomic E-state index is 13.8. The van der Waals surface area contributed by atoms with Gasteiger partial charge in [-0.3, -0.25) is 14.2 Å². The molecule has 2 N–H and O–H groups in total. The maximum atomic E-state index is 13.8. The zero-order chi connectivity index (χ0) is 29.2. The molecule has 0 spiro atoms. The smallest absolute Gasteiger partial charge is 0.259 e. The summed E-state index contributed by atoms with van der Waals surface area (Å²) in [5, 5.41) is 13.3. The molecule has 214 valence electrons. The van der Waals surface area contributed by atoms with Gasteiger partial charge in [0.15, 0.2) is 5.82 Å². The molecular formula is C33H31N9O. The summed E-state index contributed by atoms with van der Waals surface area (Å²) in [6.45, 7) is 5.46. The van der Waals surface area contributed by atoms with E-state index in [2.05, 4.69) is 43.8 Å². The largest absolute Gasteiger partial charge is 0.359 e. The number of nitrogens with one attached hydrogen (secondary N) is 2. The highest BCUT2D eigenvalue weighted by molar-refractivity contribution is 6.15.